The van der Waals surface area contributed by atoms with E-state index >= 15 is 0 Å². The third kappa shape index (κ3) is 9.93. The van der Waals surface area contributed by atoms with E-state index in [9.17, 15) is 0 Å². The maximum absolute atomic E-state index is 6.19. The molecule has 0 bridgehead atoms. The summed E-state index contributed by atoms with van der Waals surface area (Å²) < 4.78 is 12.4. The SMILES string of the molecule is C=CCc1c(C(C)(C)c2ccc(OCCCCC)c(C)c2CC=C)ccc(OCCCCC)c1C.Cc1ccccc1. The molecule has 3 aromatic carbocycles. The average molecular weight is 569 g/mol. The zero-order valence-corrected chi connectivity index (χ0v) is 27.7. The average Bonchev–Trinajstić information content (AvgIpc) is 2.97. The first-order valence-corrected chi connectivity index (χ1v) is 16.0. The molecule has 0 saturated heterocycles. The molecule has 0 aliphatic rings. The van der Waals surface area contributed by atoms with Gasteiger partial charge >= 0.3 is 0 Å². The fourth-order valence-corrected chi connectivity index (χ4v) is 5.52. The number of aryl methyl sites for hydroxylation is 1. The predicted octanol–water partition coefficient (Wildman–Crippen LogP) is 11.2. The predicted molar refractivity (Wildman–Crippen MR) is 184 cm³/mol. The quantitative estimate of drug-likeness (QED) is 0.126. The largest absolute Gasteiger partial charge is 0.493 e. The molecule has 0 aromatic heterocycles. The lowest BCUT2D eigenvalue weighted by molar-refractivity contribution is 0.303. The molecule has 0 spiro atoms. The van der Waals surface area contributed by atoms with Gasteiger partial charge < -0.3 is 9.47 Å². The van der Waals surface area contributed by atoms with Crippen LogP contribution in [-0.2, 0) is 18.3 Å². The van der Waals surface area contributed by atoms with E-state index in [0.29, 0.717) is 0 Å². The Morgan fingerprint density at radius 2 is 1.05 bits per heavy atom. The normalized spacial score (nSPS) is 10.9. The second-order valence-corrected chi connectivity index (χ2v) is 11.8. The lowest BCUT2D eigenvalue weighted by Crippen LogP contribution is -2.24. The summed E-state index contributed by atoms with van der Waals surface area (Å²) in [6.07, 6.45) is 12.7. The van der Waals surface area contributed by atoms with Crippen LogP contribution in [0.15, 0.2) is 79.9 Å². The molecule has 2 nitrogen and oxygen atoms in total. The second kappa shape index (κ2) is 18.3. The number of rotatable bonds is 16. The Morgan fingerprint density at radius 3 is 1.38 bits per heavy atom. The van der Waals surface area contributed by atoms with Gasteiger partial charge in [0, 0.05) is 5.41 Å². The zero-order valence-electron chi connectivity index (χ0n) is 27.7. The van der Waals surface area contributed by atoms with Gasteiger partial charge in [-0.1, -0.05) is 114 Å². The van der Waals surface area contributed by atoms with Crippen molar-refractivity contribution < 1.29 is 9.47 Å². The Labute approximate surface area is 257 Å². The van der Waals surface area contributed by atoms with E-state index in [1.807, 2.05) is 30.4 Å². The minimum Gasteiger partial charge on any atom is -0.493 e. The Bertz CT molecular complexity index is 1160. The monoisotopic (exact) mass is 568 g/mol. The third-order valence-corrected chi connectivity index (χ3v) is 8.09. The molecule has 0 aliphatic heterocycles. The topological polar surface area (TPSA) is 18.5 Å². The zero-order chi connectivity index (χ0) is 31.0. The van der Waals surface area contributed by atoms with E-state index < -0.39 is 0 Å². The summed E-state index contributed by atoms with van der Waals surface area (Å²) >= 11 is 0. The van der Waals surface area contributed by atoms with Crippen LogP contribution in [0.3, 0.4) is 0 Å². The van der Waals surface area contributed by atoms with Gasteiger partial charge in [0.2, 0.25) is 0 Å². The van der Waals surface area contributed by atoms with Gasteiger partial charge in [0.15, 0.2) is 0 Å². The van der Waals surface area contributed by atoms with Crippen LogP contribution in [-0.4, -0.2) is 13.2 Å². The minimum atomic E-state index is -0.187. The summed E-state index contributed by atoms with van der Waals surface area (Å²) in [7, 11) is 0. The van der Waals surface area contributed by atoms with Gasteiger partial charge in [0.05, 0.1) is 13.2 Å². The molecule has 3 aromatic rings. The Hall–Kier alpha value is -3.26. The van der Waals surface area contributed by atoms with Crippen molar-refractivity contribution in [2.45, 2.75) is 105 Å². The van der Waals surface area contributed by atoms with Gasteiger partial charge in [-0.15, -0.1) is 13.2 Å². The van der Waals surface area contributed by atoms with Crippen LogP contribution in [0, 0.1) is 20.8 Å². The minimum absolute atomic E-state index is 0.187. The van der Waals surface area contributed by atoms with Crippen molar-refractivity contribution >= 4 is 0 Å². The van der Waals surface area contributed by atoms with Gasteiger partial charge in [0.25, 0.3) is 0 Å². The number of ether oxygens (including phenoxy) is 2. The molecule has 0 unspecified atom stereocenters. The highest BCUT2D eigenvalue weighted by Gasteiger charge is 2.30. The molecule has 3 rings (SSSR count). The van der Waals surface area contributed by atoms with Crippen molar-refractivity contribution in [3.63, 3.8) is 0 Å². The van der Waals surface area contributed by atoms with Crippen molar-refractivity contribution in [3.05, 3.63) is 119 Å². The van der Waals surface area contributed by atoms with Crippen molar-refractivity contribution in [2.75, 3.05) is 13.2 Å². The summed E-state index contributed by atoms with van der Waals surface area (Å²) in [6, 6.07) is 19.1. The van der Waals surface area contributed by atoms with Crippen molar-refractivity contribution in [3.8, 4) is 11.5 Å². The number of hydrogen-bond donors (Lipinski definition) is 0. The van der Waals surface area contributed by atoms with Crippen LogP contribution in [0.1, 0.15) is 105 Å². The van der Waals surface area contributed by atoms with Crippen LogP contribution in [0.25, 0.3) is 0 Å². The fourth-order valence-electron chi connectivity index (χ4n) is 5.52. The highest BCUT2D eigenvalue weighted by molar-refractivity contribution is 5.56. The molecule has 228 valence electrons. The van der Waals surface area contributed by atoms with Crippen molar-refractivity contribution in [1.82, 2.24) is 0 Å². The molecule has 0 fully saturated rings. The maximum Gasteiger partial charge on any atom is 0.122 e. The fraction of sp³-hybridized carbons (Fsp3) is 0.450. The van der Waals surface area contributed by atoms with Crippen LogP contribution >= 0.6 is 0 Å². The molecule has 0 saturated carbocycles. The summed E-state index contributed by atoms with van der Waals surface area (Å²) in [5, 5.41) is 0. The number of allylic oxidation sites excluding steroid dienone is 2. The molecule has 42 heavy (non-hydrogen) atoms. The van der Waals surface area contributed by atoms with Gasteiger partial charge in [-0.3, -0.25) is 0 Å². The summed E-state index contributed by atoms with van der Waals surface area (Å²) in [5.41, 5.74) is 8.89. The van der Waals surface area contributed by atoms with Crippen LogP contribution in [0.5, 0.6) is 11.5 Å². The molecule has 0 atom stereocenters. The molecule has 0 N–H and O–H groups in total. The Morgan fingerprint density at radius 1 is 0.619 bits per heavy atom. The van der Waals surface area contributed by atoms with E-state index in [0.717, 1.165) is 50.4 Å². The second-order valence-electron chi connectivity index (χ2n) is 11.8. The van der Waals surface area contributed by atoms with Gasteiger partial charge in [-0.2, -0.15) is 0 Å². The molecular weight excluding hydrogens is 512 g/mol. The van der Waals surface area contributed by atoms with E-state index in [2.05, 4.69) is 98.0 Å². The van der Waals surface area contributed by atoms with Crippen LogP contribution in [0.4, 0.5) is 0 Å². The number of benzene rings is 3. The van der Waals surface area contributed by atoms with Crippen LogP contribution < -0.4 is 9.47 Å². The lowest BCUT2D eigenvalue weighted by Gasteiger charge is -2.33. The Kier molecular flexibility index (Phi) is 15.2. The van der Waals surface area contributed by atoms with E-state index in [1.165, 1.54) is 64.6 Å². The number of unbranched alkanes of at least 4 members (excludes halogenated alkanes) is 4. The van der Waals surface area contributed by atoms with E-state index in [1.54, 1.807) is 0 Å². The van der Waals surface area contributed by atoms with Crippen molar-refractivity contribution in [1.29, 1.82) is 0 Å². The molecule has 0 amide bonds. The van der Waals surface area contributed by atoms with E-state index in [4.69, 9.17) is 9.47 Å². The highest BCUT2D eigenvalue weighted by Crippen LogP contribution is 2.41. The highest BCUT2D eigenvalue weighted by atomic mass is 16.5. The van der Waals surface area contributed by atoms with Crippen LogP contribution in [0.2, 0.25) is 0 Å². The molecule has 0 radical (unpaired) electrons. The molecular formula is C40H56O2. The molecule has 2 heteroatoms. The smallest absolute Gasteiger partial charge is 0.122 e. The lowest BCUT2D eigenvalue weighted by atomic mass is 9.72. The summed E-state index contributed by atoms with van der Waals surface area (Å²) in [5.74, 6) is 1.99. The first-order valence-electron chi connectivity index (χ1n) is 16.0. The first-order chi connectivity index (χ1) is 20.2. The third-order valence-electron chi connectivity index (χ3n) is 8.09. The summed E-state index contributed by atoms with van der Waals surface area (Å²) in [6.45, 7) is 25.2. The Balaban J connectivity index is 0.000000766. The van der Waals surface area contributed by atoms with Gasteiger partial charge in [-0.25, -0.2) is 0 Å². The standard InChI is InChI=1S/C33H48O2.C7H8/c1-9-13-15-23-34-31-21-19-29(27(17-11-3)25(31)5)33(7,8)30-20-22-32(35-24-16-14-10-2)26(6)28(30)18-12-4;1-7-5-3-2-4-6-7/h11-12,19-22H,3-4,9-10,13-18,23-24H2,1-2,5-8H3;2-6H,1H3. The molecule has 0 aliphatic carbocycles. The van der Waals surface area contributed by atoms with Gasteiger partial charge in [-0.05, 0) is 92.0 Å². The van der Waals surface area contributed by atoms with Gasteiger partial charge in [0.1, 0.15) is 11.5 Å². The first kappa shape index (κ1) is 34.9. The molecule has 0 heterocycles. The summed E-state index contributed by atoms with van der Waals surface area (Å²) in [4.78, 5) is 0. The van der Waals surface area contributed by atoms with Crippen molar-refractivity contribution in [2.24, 2.45) is 0 Å². The van der Waals surface area contributed by atoms with E-state index in [-0.39, 0.29) is 5.41 Å². The maximum atomic E-state index is 6.19. The number of hydrogen-bond acceptors (Lipinski definition) is 2.